The lowest BCUT2D eigenvalue weighted by Gasteiger charge is -2.28. The van der Waals surface area contributed by atoms with E-state index in [-0.39, 0.29) is 0 Å². The number of hydrogen-bond donors (Lipinski definition) is 0. The molecule has 3 heteroatoms. The molecule has 1 fully saturated rings. The number of nitrogens with zero attached hydrogens (tertiary/aromatic N) is 3. The fourth-order valence-corrected chi connectivity index (χ4v) is 3.50. The van der Waals surface area contributed by atoms with Crippen molar-refractivity contribution in [2.24, 2.45) is 5.92 Å². The second-order valence-corrected chi connectivity index (χ2v) is 5.94. The van der Waals surface area contributed by atoms with Crippen LogP contribution in [0.25, 0.3) is 0 Å². The molecule has 3 rings (SSSR count). The highest BCUT2D eigenvalue weighted by Gasteiger charge is 2.25. The highest BCUT2D eigenvalue weighted by atomic mass is 15.1. The number of aromatic nitrogens is 2. The first-order chi connectivity index (χ1) is 10.4. The molecule has 3 nitrogen and oxygen atoms in total. The van der Waals surface area contributed by atoms with Crippen LogP contribution in [0.3, 0.4) is 0 Å². The minimum absolute atomic E-state index is 0.346. The lowest BCUT2D eigenvalue weighted by molar-refractivity contribution is 0.338. The van der Waals surface area contributed by atoms with Gasteiger partial charge in [-0.05, 0) is 36.5 Å². The molecule has 1 aliphatic rings. The van der Waals surface area contributed by atoms with E-state index in [4.69, 9.17) is 5.26 Å². The van der Waals surface area contributed by atoms with Crippen LogP contribution in [0.4, 0.5) is 0 Å². The maximum Gasteiger partial charge on any atom is 0.0991 e. The molecule has 1 aromatic heterocycles. The zero-order valence-corrected chi connectivity index (χ0v) is 12.3. The van der Waals surface area contributed by atoms with Crippen LogP contribution in [0.5, 0.6) is 0 Å². The van der Waals surface area contributed by atoms with Gasteiger partial charge in [0.05, 0.1) is 24.0 Å². The standard InChI is InChI=1S/C18H21N3/c19-13-15-7-9-17(10-8-15)18(21-12-11-20-14-21)16-5-3-1-2-4-6-16/h7-12,14,16,18H,1-6H2. The molecule has 2 aromatic rings. The third-order valence-corrected chi connectivity index (χ3v) is 4.57. The predicted octanol–water partition coefficient (Wildman–Crippen LogP) is 4.31. The Labute approximate surface area is 126 Å². The van der Waals surface area contributed by atoms with Gasteiger partial charge in [0.15, 0.2) is 0 Å². The quantitative estimate of drug-likeness (QED) is 0.785. The third-order valence-electron chi connectivity index (χ3n) is 4.57. The fraction of sp³-hybridized carbons (Fsp3) is 0.444. The fourth-order valence-electron chi connectivity index (χ4n) is 3.50. The summed E-state index contributed by atoms with van der Waals surface area (Å²) in [4.78, 5) is 4.23. The Kier molecular flexibility index (Phi) is 4.35. The van der Waals surface area contributed by atoms with Crippen molar-refractivity contribution in [2.75, 3.05) is 0 Å². The summed E-state index contributed by atoms with van der Waals surface area (Å²) in [6.45, 7) is 0. The largest absolute Gasteiger partial charge is 0.330 e. The molecule has 0 saturated heterocycles. The van der Waals surface area contributed by atoms with Gasteiger partial charge in [0.25, 0.3) is 0 Å². The second-order valence-electron chi connectivity index (χ2n) is 5.94. The van der Waals surface area contributed by atoms with Crippen LogP contribution in [-0.2, 0) is 0 Å². The first-order valence-corrected chi connectivity index (χ1v) is 7.86. The summed E-state index contributed by atoms with van der Waals surface area (Å²) >= 11 is 0. The van der Waals surface area contributed by atoms with Crippen molar-refractivity contribution >= 4 is 0 Å². The summed E-state index contributed by atoms with van der Waals surface area (Å²) in [6.07, 6.45) is 13.8. The van der Waals surface area contributed by atoms with E-state index in [1.807, 2.05) is 24.7 Å². The van der Waals surface area contributed by atoms with Crippen molar-refractivity contribution in [3.8, 4) is 6.07 Å². The maximum atomic E-state index is 8.97. The molecule has 0 N–H and O–H groups in total. The number of rotatable bonds is 3. The zero-order chi connectivity index (χ0) is 14.5. The van der Waals surface area contributed by atoms with E-state index in [1.54, 1.807) is 0 Å². The smallest absolute Gasteiger partial charge is 0.0991 e. The molecule has 1 heterocycles. The van der Waals surface area contributed by atoms with Crippen LogP contribution in [0.1, 0.15) is 55.7 Å². The molecule has 1 saturated carbocycles. The van der Waals surface area contributed by atoms with Gasteiger partial charge in [0.1, 0.15) is 0 Å². The van der Waals surface area contributed by atoms with E-state index in [9.17, 15) is 0 Å². The van der Waals surface area contributed by atoms with E-state index in [0.29, 0.717) is 12.0 Å². The second kappa shape index (κ2) is 6.58. The number of imidazole rings is 1. The minimum atomic E-state index is 0.346. The first-order valence-electron chi connectivity index (χ1n) is 7.86. The van der Waals surface area contributed by atoms with Crippen molar-refractivity contribution in [3.63, 3.8) is 0 Å². The molecule has 0 amide bonds. The summed E-state index contributed by atoms with van der Waals surface area (Å²) in [7, 11) is 0. The highest BCUT2D eigenvalue weighted by Crippen LogP contribution is 2.36. The first kappa shape index (κ1) is 13.9. The van der Waals surface area contributed by atoms with Gasteiger partial charge in [0, 0.05) is 12.4 Å². The van der Waals surface area contributed by atoms with E-state index >= 15 is 0 Å². The lowest BCUT2D eigenvalue weighted by atomic mass is 9.86. The normalized spacial score (nSPS) is 17.9. The molecule has 0 spiro atoms. The molecular formula is C18H21N3. The van der Waals surface area contributed by atoms with E-state index in [2.05, 4.69) is 33.9 Å². The van der Waals surface area contributed by atoms with E-state index in [1.165, 1.54) is 44.1 Å². The van der Waals surface area contributed by atoms with Gasteiger partial charge in [-0.15, -0.1) is 0 Å². The third kappa shape index (κ3) is 3.16. The molecule has 1 aromatic carbocycles. The molecule has 1 unspecified atom stereocenters. The number of nitriles is 1. The molecule has 0 bridgehead atoms. The van der Waals surface area contributed by atoms with Crippen LogP contribution in [0.15, 0.2) is 43.0 Å². The van der Waals surface area contributed by atoms with Crippen LogP contribution in [-0.4, -0.2) is 9.55 Å². The van der Waals surface area contributed by atoms with Crippen LogP contribution >= 0.6 is 0 Å². The Balaban J connectivity index is 1.93. The van der Waals surface area contributed by atoms with Crippen LogP contribution in [0.2, 0.25) is 0 Å². The Morgan fingerprint density at radius 1 is 1.10 bits per heavy atom. The Bertz CT molecular complexity index is 584. The SMILES string of the molecule is N#Cc1ccc(C(C2CCCCCC2)n2ccnc2)cc1. The highest BCUT2D eigenvalue weighted by molar-refractivity contribution is 5.33. The van der Waals surface area contributed by atoms with E-state index in [0.717, 1.165) is 5.56 Å². The van der Waals surface area contributed by atoms with Gasteiger partial charge in [0.2, 0.25) is 0 Å². The Morgan fingerprint density at radius 3 is 2.38 bits per heavy atom. The summed E-state index contributed by atoms with van der Waals surface area (Å²) < 4.78 is 2.23. The van der Waals surface area contributed by atoms with Gasteiger partial charge in [-0.25, -0.2) is 4.98 Å². The summed E-state index contributed by atoms with van der Waals surface area (Å²) in [5, 5.41) is 8.97. The molecule has 1 aliphatic carbocycles. The van der Waals surface area contributed by atoms with Gasteiger partial charge in [-0.2, -0.15) is 5.26 Å². The lowest BCUT2D eigenvalue weighted by Crippen LogP contribution is -2.19. The average Bonchev–Trinajstić information content (AvgIpc) is 2.91. The van der Waals surface area contributed by atoms with Crippen molar-refractivity contribution in [1.82, 2.24) is 9.55 Å². The predicted molar refractivity (Wildman–Crippen MR) is 82.7 cm³/mol. The van der Waals surface area contributed by atoms with Crippen molar-refractivity contribution < 1.29 is 0 Å². The minimum Gasteiger partial charge on any atom is -0.330 e. The summed E-state index contributed by atoms with van der Waals surface area (Å²) in [6, 6.07) is 10.6. The van der Waals surface area contributed by atoms with Gasteiger partial charge in [-0.3, -0.25) is 0 Å². The molecule has 0 radical (unpaired) electrons. The zero-order valence-electron chi connectivity index (χ0n) is 12.3. The Hall–Kier alpha value is -2.08. The van der Waals surface area contributed by atoms with Crippen molar-refractivity contribution in [2.45, 2.75) is 44.6 Å². The molecule has 21 heavy (non-hydrogen) atoms. The molecule has 1 atom stereocenters. The van der Waals surface area contributed by atoms with Crippen LogP contribution in [0, 0.1) is 17.2 Å². The van der Waals surface area contributed by atoms with Gasteiger partial charge >= 0.3 is 0 Å². The van der Waals surface area contributed by atoms with E-state index < -0.39 is 0 Å². The summed E-state index contributed by atoms with van der Waals surface area (Å²) in [5.41, 5.74) is 2.02. The maximum absolute atomic E-state index is 8.97. The monoisotopic (exact) mass is 279 g/mol. The molecule has 0 aliphatic heterocycles. The molecule has 108 valence electrons. The summed E-state index contributed by atoms with van der Waals surface area (Å²) in [5.74, 6) is 0.662. The topological polar surface area (TPSA) is 41.6 Å². The van der Waals surface area contributed by atoms with Gasteiger partial charge in [-0.1, -0.05) is 37.8 Å². The Morgan fingerprint density at radius 2 is 1.81 bits per heavy atom. The van der Waals surface area contributed by atoms with Crippen molar-refractivity contribution in [1.29, 1.82) is 5.26 Å². The number of benzene rings is 1. The molecular weight excluding hydrogens is 258 g/mol. The van der Waals surface area contributed by atoms with Gasteiger partial charge < -0.3 is 4.57 Å². The average molecular weight is 279 g/mol. The van der Waals surface area contributed by atoms with Crippen molar-refractivity contribution in [3.05, 3.63) is 54.1 Å². The number of hydrogen-bond acceptors (Lipinski definition) is 2. The van der Waals surface area contributed by atoms with Crippen LogP contribution < -0.4 is 0 Å².